The molecule has 94 valence electrons. The van der Waals surface area contributed by atoms with Crippen LogP contribution >= 0.6 is 23.2 Å². The van der Waals surface area contributed by atoms with E-state index in [1.54, 1.807) is 0 Å². The van der Waals surface area contributed by atoms with Gasteiger partial charge in [0.2, 0.25) is 0 Å². The average molecular weight is 280 g/mol. The molecule has 1 aromatic heterocycles. The number of nitrogens with zero attached hydrogens (tertiary/aromatic N) is 2. The van der Waals surface area contributed by atoms with Crippen LogP contribution in [0.15, 0.2) is 6.07 Å². The molecule has 1 atom stereocenters. The van der Waals surface area contributed by atoms with E-state index in [0.717, 1.165) is 0 Å². The second kappa shape index (κ2) is 6.58. The molecule has 8 heteroatoms. The molecule has 0 radical (unpaired) electrons. The lowest BCUT2D eigenvalue weighted by Crippen LogP contribution is -2.25. The van der Waals surface area contributed by atoms with Gasteiger partial charge in [0.25, 0.3) is 0 Å². The van der Waals surface area contributed by atoms with Gasteiger partial charge >= 0.3 is 5.97 Å². The zero-order valence-electron chi connectivity index (χ0n) is 8.98. The highest BCUT2D eigenvalue weighted by atomic mass is 35.5. The minimum atomic E-state index is -0.935. The molecular formula is C9H11Cl2N3O3. The van der Waals surface area contributed by atoms with Crippen molar-refractivity contribution in [1.82, 2.24) is 10.2 Å². The van der Waals surface area contributed by atoms with Gasteiger partial charge in [-0.25, -0.2) is 0 Å². The van der Waals surface area contributed by atoms with Gasteiger partial charge in [-0.1, -0.05) is 23.2 Å². The first kappa shape index (κ1) is 14.0. The van der Waals surface area contributed by atoms with Crippen LogP contribution < -0.4 is 5.32 Å². The standard InChI is InChI=1S/C9H11Cl2N3O3/c1-17-5(2-8(15)16)4-12-6-3-7(10)13-14-9(6)11/h3,5H,2,4H2,1H3,(H,12,13)(H,15,16). The van der Waals surface area contributed by atoms with E-state index >= 15 is 0 Å². The number of halogens is 2. The lowest BCUT2D eigenvalue weighted by atomic mass is 10.2. The Morgan fingerprint density at radius 2 is 2.29 bits per heavy atom. The van der Waals surface area contributed by atoms with E-state index in [9.17, 15) is 4.79 Å². The summed E-state index contributed by atoms with van der Waals surface area (Å²) in [7, 11) is 1.44. The maximum absolute atomic E-state index is 10.5. The fraction of sp³-hybridized carbons (Fsp3) is 0.444. The van der Waals surface area contributed by atoms with Crippen molar-refractivity contribution in [1.29, 1.82) is 0 Å². The molecule has 0 saturated carbocycles. The Bertz CT molecular complexity index is 403. The van der Waals surface area contributed by atoms with Crippen molar-refractivity contribution in [2.45, 2.75) is 12.5 Å². The molecule has 0 fully saturated rings. The molecular weight excluding hydrogens is 269 g/mol. The van der Waals surface area contributed by atoms with Crippen LogP contribution in [0.2, 0.25) is 10.3 Å². The van der Waals surface area contributed by atoms with Gasteiger partial charge in [-0.05, 0) is 0 Å². The van der Waals surface area contributed by atoms with E-state index in [0.29, 0.717) is 5.69 Å². The summed E-state index contributed by atoms with van der Waals surface area (Å²) in [5, 5.41) is 19.1. The monoisotopic (exact) mass is 279 g/mol. The molecule has 0 spiro atoms. The Morgan fingerprint density at radius 3 is 2.88 bits per heavy atom. The van der Waals surface area contributed by atoms with E-state index in [4.69, 9.17) is 33.0 Å². The van der Waals surface area contributed by atoms with Crippen LogP contribution in [0.5, 0.6) is 0 Å². The summed E-state index contributed by atoms with van der Waals surface area (Å²) in [5.74, 6) is -0.935. The van der Waals surface area contributed by atoms with Gasteiger partial charge in [0.05, 0.1) is 18.2 Å². The van der Waals surface area contributed by atoms with Crippen LogP contribution in [0.4, 0.5) is 5.69 Å². The Kier molecular flexibility index (Phi) is 5.40. The summed E-state index contributed by atoms with van der Waals surface area (Å²) in [6.45, 7) is 0.282. The van der Waals surface area contributed by atoms with Gasteiger partial charge in [0.1, 0.15) is 0 Å². The number of carboxylic acid groups (broad SMARTS) is 1. The van der Waals surface area contributed by atoms with Crippen molar-refractivity contribution < 1.29 is 14.6 Å². The van der Waals surface area contributed by atoms with Crippen LogP contribution in [0, 0.1) is 0 Å². The van der Waals surface area contributed by atoms with E-state index in [1.807, 2.05) is 0 Å². The first-order valence-corrected chi connectivity index (χ1v) is 5.45. The Labute approximate surface area is 108 Å². The number of carbonyl (C=O) groups is 1. The number of aliphatic carboxylic acids is 1. The second-order valence-corrected chi connectivity index (χ2v) is 3.95. The normalized spacial score (nSPS) is 12.2. The van der Waals surface area contributed by atoms with Crippen LogP contribution in [0.25, 0.3) is 0 Å². The largest absolute Gasteiger partial charge is 0.481 e. The summed E-state index contributed by atoms with van der Waals surface area (Å²) in [6.07, 6.45) is -0.566. The van der Waals surface area contributed by atoms with Crippen molar-refractivity contribution in [2.75, 3.05) is 19.0 Å². The van der Waals surface area contributed by atoms with E-state index in [2.05, 4.69) is 15.5 Å². The van der Waals surface area contributed by atoms with Crippen molar-refractivity contribution in [3.8, 4) is 0 Å². The summed E-state index contributed by atoms with van der Waals surface area (Å²) < 4.78 is 5.00. The Hall–Kier alpha value is -1.11. The van der Waals surface area contributed by atoms with Crippen LogP contribution in [-0.2, 0) is 9.53 Å². The predicted octanol–water partition coefficient (Wildman–Crippen LogP) is 1.68. The molecule has 0 saturated heterocycles. The van der Waals surface area contributed by atoms with Crippen LogP contribution in [0.3, 0.4) is 0 Å². The number of hydrogen-bond donors (Lipinski definition) is 2. The molecule has 1 aromatic rings. The molecule has 1 rings (SSSR count). The zero-order chi connectivity index (χ0) is 12.8. The quantitative estimate of drug-likeness (QED) is 0.824. The number of hydrogen-bond acceptors (Lipinski definition) is 5. The molecule has 1 heterocycles. The lowest BCUT2D eigenvalue weighted by Gasteiger charge is -2.15. The van der Waals surface area contributed by atoms with E-state index in [-0.39, 0.29) is 23.3 Å². The summed E-state index contributed by atoms with van der Waals surface area (Å²) in [6, 6.07) is 1.50. The highest BCUT2D eigenvalue weighted by molar-refractivity contribution is 6.33. The maximum Gasteiger partial charge on any atom is 0.306 e. The maximum atomic E-state index is 10.5. The van der Waals surface area contributed by atoms with Crippen molar-refractivity contribution >= 4 is 34.9 Å². The molecule has 6 nitrogen and oxygen atoms in total. The summed E-state index contributed by atoms with van der Waals surface area (Å²) >= 11 is 11.4. The molecule has 0 bridgehead atoms. The van der Waals surface area contributed by atoms with Crippen LogP contribution in [0.1, 0.15) is 6.42 Å². The molecule has 0 aliphatic heterocycles. The molecule has 0 aliphatic rings. The first-order valence-electron chi connectivity index (χ1n) is 4.70. The van der Waals surface area contributed by atoms with Crippen molar-refractivity contribution in [3.63, 3.8) is 0 Å². The van der Waals surface area contributed by atoms with Gasteiger partial charge in [0, 0.05) is 19.7 Å². The topological polar surface area (TPSA) is 84.3 Å². The average Bonchev–Trinajstić information content (AvgIpc) is 2.28. The molecule has 0 aromatic carbocycles. The SMILES string of the molecule is COC(CNc1cc(Cl)nnc1Cl)CC(=O)O. The van der Waals surface area contributed by atoms with Gasteiger partial charge in [-0.15, -0.1) is 10.2 Å². The zero-order valence-corrected chi connectivity index (χ0v) is 10.5. The third-order valence-corrected chi connectivity index (χ3v) is 2.44. The number of aromatic nitrogens is 2. The fourth-order valence-corrected chi connectivity index (χ4v) is 1.44. The third-order valence-electron chi connectivity index (χ3n) is 1.97. The number of anilines is 1. The number of ether oxygens (including phenoxy) is 1. The first-order chi connectivity index (χ1) is 8.02. The van der Waals surface area contributed by atoms with Crippen molar-refractivity contribution in [2.24, 2.45) is 0 Å². The molecule has 1 unspecified atom stereocenters. The smallest absolute Gasteiger partial charge is 0.306 e. The molecule has 17 heavy (non-hydrogen) atoms. The fourth-order valence-electron chi connectivity index (χ4n) is 1.13. The summed E-state index contributed by atoms with van der Waals surface area (Å²) in [4.78, 5) is 10.5. The number of methoxy groups -OCH3 is 1. The lowest BCUT2D eigenvalue weighted by molar-refractivity contribution is -0.139. The number of rotatable bonds is 6. The van der Waals surface area contributed by atoms with Gasteiger partial charge in [-0.2, -0.15) is 0 Å². The molecule has 0 amide bonds. The van der Waals surface area contributed by atoms with Gasteiger partial charge in [-0.3, -0.25) is 4.79 Å². The second-order valence-electron chi connectivity index (χ2n) is 3.21. The number of carboxylic acids is 1. The Balaban J connectivity index is 2.59. The Morgan fingerprint density at radius 1 is 1.59 bits per heavy atom. The van der Waals surface area contributed by atoms with E-state index in [1.165, 1.54) is 13.2 Å². The van der Waals surface area contributed by atoms with E-state index < -0.39 is 12.1 Å². The van der Waals surface area contributed by atoms with Crippen LogP contribution in [-0.4, -0.2) is 41.0 Å². The minimum Gasteiger partial charge on any atom is -0.481 e. The third kappa shape index (κ3) is 4.72. The number of nitrogens with one attached hydrogen (secondary N) is 1. The van der Waals surface area contributed by atoms with Gasteiger partial charge in [0.15, 0.2) is 10.3 Å². The predicted molar refractivity (Wildman–Crippen MR) is 63.6 cm³/mol. The van der Waals surface area contributed by atoms with Gasteiger partial charge < -0.3 is 15.2 Å². The highest BCUT2D eigenvalue weighted by Crippen LogP contribution is 2.20. The molecule has 0 aliphatic carbocycles. The molecule has 2 N–H and O–H groups in total. The summed E-state index contributed by atoms with van der Waals surface area (Å²) in [5.41, 5.74) is 0.485. The minimum absolute atomic E-state index is 0.104. The van der Waals surface area contributed by atoms with Crippen molar-refractivity contribution in [3.05, 3.63) is 16.4 Å². The highest BCUT2D eigenvalue weighted by Gasteiger charge is 2.13.